The fourth-order valence-electron chi connectivity index (χ4n) is 4.44. The first-order valence-electron chi connectivity index (χ1n) is 8.13. The SMILES string of the molecule is C[C@H](OC(=O)[C@@H]1[C@H]2C[C@H]3[C@H](OC(=O)[C@@H]31)[C@@H]2Br)C(=O)c1ccccc1. The molecule has 0 aromatic heterocycles. The number of halogens is 1. The molecule has 3 aliphatic rings. The van der Waals surface area contributed by atoms with Crippen LogP contribution in [0.3, 0.4) is 0 Å². The molecule has 0 N–H and O–H groups in total. The molecular formula is C18H17BrO5. The van der Waals surface area contributed by atoms with E-state index in [4.69, 9.17) is 9.47 Å². The van der Waals surface area contributed by atoms with Crippen LogP contribution < -0.4 is 0 Å². The van der Waals surface area contributed by atoms with E-state index >= 15 is 0 Å². The lowest BCUT2D eigenvalue weighted by atomic mass is 9.80. The van der Waals surface area contributed by atoms with Gasteiger partial charge in [0.05, 0.1) is 16.7 Å². The van der Waals surface area contributed by atoms with Crippen LogP contribution in [-0.2, 0) is 19.1 Å². The number of fused-ring (bicyclic) bond motifs is 1. The topological polar surface area (TPSA) is 69.7 Å². The van der Waals surface area contributed by atoms with Crippen molar-refractivity contribution in [2.45, 2.75) is 30.4 Å². The number of hydrogen-bond acceptors (Lipinski definition) is 5. The first-order valence-corrected chi connectivity index (χ1v) is 9.05. The number of ketones is 1. The maximum atomic E-state index is 12.7. The Hall–Kier alpha value is -1.69. The van der Waals surface area contributed by atoms with E-state index < -0.39 is 23.9 Å². The Bertz CT molecular complexity index is 703. The highest BCUT2D eigenvalue weighted by molar-refractivity contribution is 9.09. The molecule has 1 aromatic carbocycles. The van der Waals surface area contributed by atoms with Gasteiger partial charge in [0.15, 0.2) is 6.10 Å². The predicted octanol–water partition coefficient (Wildman–Crippen LogP) is 2.37. The van der Waals surface area contributed by atoms with Gasteiger partial charge in [0.2, 0.25) is 5.78 Å². The fraction of sp³-hybridized carbons (Fsp3) is 0.500. The number of alkyl halides is 1. The summed E-state index contributed by atoms with van der Waals surface area (Å²) in [5, 5.41) is 0. The van der Waals surface area contributed by atoms with Crippen molar-refractivity contribution < 1.29 is 23.9 Å². The second kappa shape index (κ2) is 5.69. The Kier molecular flexibility index (Phi) is 3.75. The number of ether oxygens (including phenoxy) is 2. The first-order chi connectivity index (χ1) is 11.5. The molecule has 0 unspecified atom stereocenters. The molecule has 1 aliphatic heterocycles. The molecule has 2 aliphatic carbocycles. The molecule has 2 saturated carbocycles. The van der Waals surface area contributed by atoms with E-state index in [1.165, 1.54) is 0 Å². The number of carbonyl (C=O) groups is 3. The molecule has 0 amide bonds. The molecule has 24 heavy (non-hydrogen) atoms. The van der Waals surface area contributed by atoms with Crippen LogP contribution in [0.5, 0.6) is 0 Å². The Morgan fingerprint density at radius 1 is 1.25 bits per heavy atom. The van der Waals surface area contributed by atoms with Gasteiger partial charge in [-0.15, -0.1) is 0 Å². The molecule has 7 atom stereocenters. The first kappa shape index (κ1) is 15.8. The van der Waals surface area contributed by atoms with Crippen molar-refractivity contribution in [2.24, 2.45) is 23.7 Å². The van der Waals surface area contributed by atoms with Crippen molar-refractivity contribution in [1.29, 1.82) is 0 Å². The Balaban J connectivity index is 1.49. The summed E-state index contributed by atoms with van der Waals surface area (Å²) in [6, 6.07) is 8.74. The third kappa shape index (κ3) is 2.23. The van der Waals surface area contributed by atoms with Gasteiger partial charge in [-0.25, -0.2) is 0 Å². The second-order valence-corrected chi connectivity index (χ2v) is 7.83. The quantitative estimate of drug-likeness (QED) is 0.446. The number of Topliss-reactive ketones (excluding diaryl/α,β-unsaturated/α-hetero) is 1. The average Bonchev–Trinajstić information content (AvgIpc) is 3.19. The van der Waals surface area contributed by atoms with E-state index in [0.717, 1.165) is 6.42 Å². The van der Waals surface area contributed by atoms with Gasteiger partial charge < -0.3 is 9.47 Å². The summed E-state index contributed by atoms with van der Waals surface area (Å²) in [5.41, 5.74) is 0.504. The van der Waals surface area contributed by atoms with E-state index in [1.807, 2.05) is 6.07 Å². The van der Waals surface area contributed by atoms with Crippen molar-refractivity contribution in [2.75, 3.05) is 0 Å². The standard InChI is InChI=1S/C18H17BrO5/c1-8(15(20)9-5-3-2-4-6-9)23-17(21)12-10-7-11-13(12)18(22)24-16(11)14(10)19/h2-6,8,10-14,16H,7H2,1H3/t8-,10+,11+,12+,13-,14+,16-/m0/s1. The van der Waals surface area contributed by atoms with Crippen LogP contribution in [0.2, 0.25) is 0 Å². The van der Waals surface area contributed by atoms with Gasteiger partial charge in [-0.1, -0.05) is 46.3 Å². The summed E-state index contributed by atoms with van der Waals surface area (Å²) in [5.74, 6) is -1.83. The third-order valence-corrected chi connectivity index (χ3v) is 6.72. The number of carbonyl (C=O) groups excluding carboxylic acids is 3. The minimum absolute atomic E-state index is 0.0112. The highest BCUT2D eigenvalue weighted by Gasteiger charge is 2.68. The smallest absolute Gasteiger partial charge is 0.310 e. The molecule has 126 valence electrons. The van der Waals surface area contributed by atoms with Crippen molar-refractivity contribution in [3.05, 3.63) is 35.9 Å². The average molecular weight is 393 g/mol. The molecule has 3 fully saturated rings. The van der Waals surface area contributed by atoms with E-state index in [0.29, 0.717) is 5.56 Å². The molecule has 1 heterocycles. The Morgan fingerprint density at radius 2 is 1.96 bits per heavy atom. The molecule has 6 heteroatoms. The minimum Gasteiger partial charge on any atom is -0.461 e. The Labute approximate surface area is 147 Å². The number of hydrogen-bond donors (Lipinski definition) is 0. The van der Waals surface area contributed by atoms with Crippen LogP contribution in [0.1, 0.15) is 23.7 Å². The summed E-state index contributed by atoms with van der Waals surface area (Å²) in [7, 11) is 0. The molecule has 4 rings (SSSR count). The summed E-state index contributed by atoms with van der Waals surface area (Å²) < 4.78 is 10.8. The summed E-state index contributed by atoms with van der Waals surface area (Å²) in [6.45, 7) is 1.57. The zero-order valence-electron chi connectivity index (χ0n) is 13.1. The second-order valence-electron chi connectivity index (χ2n) is 6.77. The lowest BCUT2D eigenvalue weighted by molar-refractivity contribution is -0.157. The third-order valence-electron chi connectivity index (χ3n) is 5.52. The van der Waals surface area contributed by atoms with Gasteiger partial charge in [-0.05, 0) is 19.3 Å². The monoisotopic (exact) mass is 392 g/mol. The van der Waals surface area contributed by atoms with Crippen molar-refractivity contribution in [3.63, 3.8) is 0 Å². The zero-order valence-corrected chi connectivity index (χ0v) is 14.6. The highest BCUT2D eigenvalue weighted by Crippen LogP contribution is 2.60. The highest BCUT2D eigenvalue weighted by atomic mass is 79.9. The van der Waals surface area contributed by atoms with Gasteiger partial charge in [0.25, 0.3) is 0 Å². The fourth-order valence-corrected chi connectivity index (χ4v) is 5.48. The van der Waals surface area contributed by atoms with Crippen LogP contribution in [0.25, 0.3) is 0 Å². The maximum absolute atomic E-state index is 12.7. The van der Waals surface area contributed by atoms with E-state index in [2.05, 4.69) is 15.9 Å². The van der Waals surface area contributed by atoms with Crippen molar-refractivity contribution in [3.8, 4) is 0 Å². The van der Waals surface area contributed by atoms with Crippen LogP contribution in [0.15, 0.2) is 30.3 Å². The van der Waals surface area contributed by atoms with Crippen molar-refractivity contribution in [1.82, 2.24) is 0 Å². The lowest BCUT2D eigenvalue weighted by Crippen LogP contribution is -2.40. The zero-order chi connectivity index (χ0) is 17.0. The van der Waals surface area contributed by atoms with Gasteiger partial charge in [0.1, 0.15) is 6.10 Å². The minimum atomic E-state index is -0.874. The lowest BCUT2D eigenvalue weighted by Gasteiger charge is -2.27. The van der Waals surface area contributed by atoms with Gasteiger partial charge >= 0.3 is 11.9 Å². The van der Waals surface area contributed by atoms with Gasteiger partial charge in [0, 0.05) is 11.5 Å². The maximum Gasteiger partial charge on any atom is 0.310 e. The van der Waals surface area contributed by atoms with Crippen LogP contribution in [0, 0.1) is 23.7 Å². The summed E-state index contributed by atoms with van der Waals surface area (Å²) in [6.07, 6.45) is -0.210. The normalized spacial score (nSPS) is 37.2. The molecule has 0 radical (unpaired) electrons. The van der Waals surface area contributed by atoms with E-state index in [-0.39, 0.29) is 34.5 Å². The molecule has 1 saturated heterocycles. The molecule has 5 nitrogen and oxygen atoms in total. The molecular weight excluding hydrogens is 376 g/mol. The van der Waals surface area contributed by atoms with Crippen LogP contribution >= 0.6 is 15.9 Å². The van der Waals surface area contributed by atoms with Crippen LogP contribution in [-0.4, -0.2) is 34.8 Å². The predicted molar refractivity (Wildman–Crippen MR) is 87.5 cm³/mol. The van der Waals surface area contributed by atoms with E-state index in [1.54, 1.807) is 31.2 Å². The van der Waals surface area contributed by atoms with Crippen LogP contribution in [0.4, 0.5) is 0 Å². The Morgan fingerprint density at radius 3 is 2.67 bits per heavy atom. The summed E-state index contributed by atoms with van der Waals surface area (Å²) in [4.78, 5) is 37.1. The number of rotatable bonds is 4. The van der Waals surface area contributed by atoms with E-state index in [9.17, 15) is 14.4 Å². The number of benzene rings is 1. The molecule has 2 bridgehead atoms. The number of esters is 2. The molecule has 0 spiro atoms. The van der Waals surface area contributed by atoms with Gasteiger partial charge in [-0.2, -0.15) is 0 Å². The van der Waals surface area contributed by atoms with Crippen molar-refractivity contribution >= 4 is 33.7 Å². The largest absolute Gasteiger partial charge is 0.461 e. The molecule has 1 aromatic rings. The van der Waals surface area contributed by atoms with Gasteiger partial charge in [-0.3, -0.25) is 14.4 Å². The summed E-state index contributed by atoms with van der Waals surface area (Å²) >= 11 is 3.56.